The number of Topliss-reactive ketones (excluding diaryl/α,β-unsaturated/α-hetero) is 1. The first kappa shape index (κ1) is 19.9. The van der Waals surface area contributed by atoms with Crippen molar-refractivity contribution >= 4 is 5.78 Å². The first-order valence-electron chi connectivity index (χ1n) is 9.05. The number of pyridine rings is 1. The average molecular weight is 388 g/mol. The Labute approximate surface area is 168 Å². The fraction of sp³-hybridized carbons (Fsp3) is 0.174. The monoisotopic (exact) mass is 388 g/mol. The van der Waals surface area contributed by atoms with Gasteiger partial charge in [-0.15, -0.1) is 0 Å². The van der Waals surface area contributed by atoms with Gasteiger partial charge < -0.3 is 9.84 Å². The lowest BCUT2D eigenvalue weighted by Gasteiger charge is -2.16. The summed E-state index contributed by atoms with van der Waals surface area (Å²) in [6.07, 6.45) is 0. The number of rotatable bonds is 6. The quantitative estimate of drug-likeness (QED) is 0.654. The summed E-state index contributed by atoms with van der Waals surface area (Å²) in [5.74, 6) is -0.457. The van der Waals surface area contributed by atoms with Gasteiger partial charge in [0.25, 0.3) is 5.56 Å². The molecule has 1 aromatic heterocycles. The number of hydrogen-bond acceptors (Lipinski definition) is 5. The molecular formula is C23H20N2O4. The summed E-state index contributed by atoms with van der Waals surface area (Å²) in [5, 5.41) is 20.2. The summed E-state index contributed by atoms with van der Waals surface area (Å²) < 4.78 is 6.59. The van der Waals surface area contributed by atoms with Crippen LogP contribution < -0.4 is 10.3 Å². The van der Waals surface area contributed by atoms with E-state index in [0.717, 1.165) is 15.7 Å². The van der Waals surface area contributed by atoms with Gasteiger partial charge in [-0.05, 0) is 42.7 Å². The molecule has 3 aromatic rings. The predicted octanol–water partition coefficient (Wildman–Crippen LogP) is 3.35. The van der Waals surface area contributed by atoms with Gasteiger partial charge in [0.05, 0.1) is 12.1 Å². The lowest BCUT2D eigenvalue weighted by molar-refractivity contribution is 0.0916. The first-order valence-corrected chi connectivity index (χ1v) is 9.05. The SMILES string of the molecule is Cc1cccc(OCC(=O)c2c(C)c(C#N)c(=O)n(Cc3ccccc3)c2O)c1. The Balaban J connectivity index is 1.99. The topological polar surface area (TPSA) is 92.3 Å². The number of aromatic hydroxyl groups is 1. The van der Waals surface area contributed by atoms with Crippen LogP contribution in [0.4, 0.5) is 0 Å². The molecule has 1 N–H and O–H groups in total. The zero-order valence-corrected chi connectivity index (χ0v) is 16.2. The molecule has 0 aliphatic rings. The van der Waals surface area contributed by atoms with E-state index >= 15 is 0 Å². The highest BCUT2D eigenvalue weighted by Crippen LogP contribution is 2.24. The van der Waals surface area contributed by atoms with E-state index in [1.54, 1.807) is 36.4 Å². The minimum atomic E-state index is -0.637. The number of benzene rings is 2. The lowest BCUT2D eigenvalue weighted by Crippen LogP contribution is -2.28. The molecule has 0 aliphatic heterocycles. The van der Waals surface area contributed by atoms with Crippen LogP contribution in [0.5, 0.6) is 11.6 Å². The average Bonchev–Trinajstić information content (AvgIpc) is 2.71. The molecule has 0 bridgehead atoms. The lowest BCUT2D eigenvalue weighted by atomic mass is 10.0. The number of ketones is 1. The molecule has 0 unspecified atom stereocenters. The zero-order chi connectivity index (χ0) is 21.0. The molecule has 1 heterocycles. The molecule has 3 rings (SSSR count). The van der Waals surface area contributed by atoms with Crippen molar-refractivity contribution in [3.05, 3.63) is 92.8 Å². The standard InChI is InChI=1S/C23H20N2O4/c1-15-7-6-10-18(11-15)29-14-20(26)21-16(2)19(12-24)22(27)25(23(21)28)13-17-8-4-3-5-9-17/h3-11,28H,13-14H2,1-2H3. The molecule has 6 heteroatoms. The van der Waals surface area contributed by atoms with Crippen molar-refractivity contribution in [3.63, 3.8) is 0 Å². The van der Waals surface area contributed by atoms with Crippen molar-refractivity contribution in [2.24, 2.45) is 0 Å². The van der Waals surface area contributed by atoms with Crippen molar-refractivity contribution in [1.82, 2.24) is 4.57 Å². The Bertz CT molecular complexity index is 1160. The maximum atomic E-state index is 12.8. The van der Waals surface area contributed by atoms with Crippen LogP contribution in [0.3, 0.4) is 0 Å². The van der Waals surface area contributed by atoms with E-state index < -0.39 is 17.2 Å². The second kappa shape index (κ2) is 8.44. The van der Waals surface area contributed by atoms with Crippen LogP contribution in [0, 0.1) is 25.2 Å². The van der Waals surface area contributed by atoms with Crippen LogP contribution >= 0.6 is 0 Å². The summed E-state index contributed by atoms with van der Waals surface area (Å²) in [5.41, 5.74) is 1.01. The summed E-state index contributed by atoms with van der Waals surface area (Å²) in [6.45, 7) is 3.10. The van der Waals surface area contributed by atoms with Crippen LogP contribution in [-0.4, -0.2) is 22.1 Å². The predicted molar refractivity (Wildman–Crippen MR) is 108 cm³/mol. The fourth-order valence-corrected chi connectivity index (χ4v) is 3.12. The van der Waals surface area contributed by atoms with Crippen LogP contribution in [0.2, 0.25) is 0 Å². The van der Waals surface area contributed by atoms with Gasteiger partial charge in [0.15, 0.2) is 6.61 Å². The third-order valence-corrected chi connectivity index (χ3v) is 4.62. The number of hydrogen-bond donors (Lipinski definition) is 1. The largest absolute Gasteiger partial charge is 0.494 e. The van der Waals surface area contributed by atoms with Crippen molar-refractivity contribution in [1.29, 1.82) is 5.26 Å². The summed E-state index contributed by atoms with van der Waals surface area (Å²) >= 11 is 0. The minimum absolute atomic E-state index is 0.0412. The van der Waals surface area contributed by atoms with E-state index in [9.17, 15) is 20.0 Å². The fourth-order valence-electron chi connectivity index (χ4n) is 3.12. The Morgan fingerprint density at radius 2 is 1.86 bits per heavy atom. The number of carbonyl (C=O) groups is 1. The van der Waals surface area contributed by atoms with Crippen molar-refractivity contribution < 1.29 is 14.6 Å². The third kappa shape index (κ3) is 4.19. The van der Waals surface area contributed by atoms with Gasteiger partial charge in [-0.25, -0.2) is 0 Å². The second-order valence-electron chi connectivity index (χ2n) is 6.72. The van der Waals surface area contributed by atoms with Crippen LogP contribution in [-0.2, 0) is 6.54 Å². The first-order chi connectivity index (χ1) is 13.9. The molecular weight excluding hydrogens is 368 g/mol. The maximum Gasteiger partial charge on any atom is 0.271 e. The van der Waals surface area contributed by atoms with Crippen LogP contribution in [0.15, 0.2) is 59.4 Å². The van der Waals surface area contributed by atoms with Gasteiger partial charge >= 0.3 is 0 Å². The Morgan fingerprint density at radius 3 is 2.52 bits per heavy atom. The summed E-state index contributed by atoms with van der Waals surface area (Å²) in [6, 6.07) is 18.1. The van der Waals surface area contributed by atoms with E-state index in [1.807, 2.05) is 31.2 Å². The molecule has 29 heavy (non-hydrogen) atoms. The molecule has 146 valence electrons. The summed E-state index contributed by atoms with van der Waals surface area (Å²) in [7, 11) is 0. The van der Waals surface area contributed by atoms with Gasteiger partial charge in [0.2, 0.25) is 11.7 Å². The van der Waals surface area contributed by atoms with E-state index in [4.69, 9.17) is 4.74 Å². The molecule has 2 aromatic carbocycles. The minimum Gasteiger partial charge on any atom is -0.494 e. The molecule has 0 saturated heterocycles. The van der Waals surface area contributed by atoms with Crippen molar-refractivity contribution in [2.45, 2.75) is 20.4 Å². The molecule has 0 spiro atoms. The number of aryl methyl sites for hydroxylation is 1. The Kier molecular flexibility index (Phi) is 5.79. The van der Waals surface area contributed by atoms with Gasteiger partial charge in [-0.1, -0.05) is 42.5 Å². The normalized spacial score (nSPS) is 10.4. The van der Waals surface area contributed by atoms with E-state index in [-0.39, 0.29) is 29.8 Å². The number of nitrogens with zero attached hydrogens (tertiary/aromatic N) is 2. The highest BCUT2D eigenvalue weighted by Gasteiger charge is 2.24. The van der Waals surface area contributed by atoms with Gasteiger partial charge in [-0.2, -0.15) is 5.26 Å². The van der Waals surface area contributed by atoms with Crippen molar-refractivity contribution in [3.8, 4) is 17.7 Å². The molecule has 0 aliphatic carbocycles. The molecule has 0 saturated carbocycles. The molecule has 0 fully saturated rings. The van der Waals surface area contributed by atoms with Gasteiger partial charge in [0.1, 0.15) is 17.4 Å². The zero-order valence-electron chi connectivity index (χ0n) is 16.2. The third-order valence-electron chi connectivity index (χ3n) is 4.62. The van der Waals surface area contributed by atoms with E-state index in [1.165, 1.54) is 6.92 Å². The van der Waals surface area contributed by atoms with Crippen molar-refractivity contribution in [2.75, 3.05) is 6.61 Å². The number of ether oxygens (including phenoxy) is 1. The van der Waals surface area contributed by atoms with E-state index in [2.05, 4.69) is 0 Å². The van der Waals surface area contributed by atoms with Crippen LogP contribution in [0.25, 0.3) is 0 Å². The van der Waals surface area contributed by atoms with Gasteiger partial charge in [-0.3, -0.25) is 14.2 Å². The highest BCUT2D eigenvalue weighted by atomic mass is 16.5. The van der Waals surface area contributed by atoms with Crippen LogP contribution in [0.1, 0.15) is 32.6 Å². The molecule has 0 amide bonds. The number of nitriles is 1. The second-order valence-corrected chi connectivity index (χ2v) is 6.72. The highest BCUT2D eigenvalue weighted by molar-refractivity contribution is 6.01. The molecule has 0 radical (unpaired) electrons. The number of aromatic nitrogens is 1. The Hall–Kier alpha value is -3.85. The molecule has 0 atom stereocenters. The summed E-state index contributed by atoms with van der Waals surface area (Å²) in [4.78, 5) is 25.5. The number of carbonyl (C=O) groups excluding carboxylic acids is 1. The van der Waals surface area contributed by atoms with E-state index in [0.29, 0.717) is 5.75 Å². The Morgan fingerprint density at radius 1 is 1.14 bits per heavy atom. The molecule has 6 nitrogen and oxygen atoms in total. The van der Waals surface area contributed by atoms with Gasteiger partial charge in [0, 0.05) is 0 Å². The maximum absolute atomic E-state index is 12.8. The smallest absolute Gasteiger partial charge is 0.271 e.